The van der Waals surface area contributed by atoms with Crippen LogP contribution in [0.5, 0.6) is 0 Å². The highest BCUT2D eigenvalue weighted by atomic mass is 35.5. The monoisotopic (exact) mass is 508 g/mol. The predicted octanol–water partition coefficient (Wildman–Crippen LogP) is 4.80. The van der Waals surface area contributed by atoms with E-state index in [1.807, 2.05) is 25.1 Å². The molecule has 36 heavy (non-hydrogen) atoms. The van der Waals surface area contributed by atoms with E-state index in [2.05, 4.69) is 49.0 Å². The molecule has 0 aliphatic carbocycles. The fourth-order valence-corrected chi connectivity index (χ4v) is 4.33. The molecular weight excluding hydrogens is 476 g/mol. The zero-order chi connectivity index (χ0) is 25.3. The van der Waals surface area contributed by atoms with E-state index in [-0.39, 0.29) is 5.91 Å². The molecule has 4 rings (SSSR count). The van der Waals surface area contributed by atoms with Crippen LogP contribution in [0.15, 0.2) is 48.7 Å². The van der Waals surface area contributed by atoms with E-state index >= 15 is 0 Å². The van der Waals surface area contributed by atoms with Gasteiger partial charge >= 0.3 is 0 Å². The van der Waals surface area contributed by atoms with Crippen molar-refractivity contribution in [2.45, 2.75) is 26.2 Å². The number of hydrogen-bond donors (Lipinski definition) is 3. The number of benzene rings is 2. The average molecular weight is 509 g/mol. The van der Waals surface area contributed by atoms with E-state index in [9.17, 15) is 4.79 Å². The number of halogens is 1. The van der Waals surface area contributed by atoms with Crippen LogP contribution in [0, 0.1) is 0 Å². The smallest absolute Gasteiger partial charge is 0.253 e. The van der Waals surface area contributed by atoms with E-state index in [1.165, 1.54) is 11.1 Å². The van der Waals surface area contributed by atoms with Crippen LogP contribution in [0.4, 0.5) is 23.1 Å². The molecular formula is C27H33ClN6O2. The number of methoxy groups -OCH3 is 1. The molecule has 3 aromatic rings. The molecule has 0 saturated heterocycles. The lowest BCUT2D eigenvalue weighted by atomic mass is 10.0. The standard InChI is InChI=1S/C27H33ClN6O2/c1-3-12-29-26(35)22-6-4-5-7-24(22)32-25-23(28)18-30-27(33-25)31-21-9-8-19-10-13-34(15-16-36-2)14-11-20(19)17-21/h4-9,17-18H,3,10-16H2,1-2H3,(H,29,35)(H2,30,31,32,33). The van der Waals surface area contributed by atoms with Crippen molar-refractivity contribution in [2.24, 2.45) is 0 Å². The average Bonchev–Trinajstić information content (AvgIpc) is 3.10. The van der Waals surface area contributed by atoms with Crippen molar-refractivity contribution in [1.82, 2.24) is 20.2 Å². The molecule has 1 amide bonds. The SMILES string of the molecule is CCCNC(=O)c1ccccc1Nc1nc(Nc2ccc3c(c2)CCN(CCOC)CC3)ncc1Cl. The highest BCUT2D eigenvalue weighted by Crippen LogP contribution is 2.28. The first-order chi connectivity index (χ1) is 17.6. The number of ether oxygens (including phenoxy) is 1. The Balaban J connectivity index is 1.48. The molecule has 2 heterocycles. The van der Waals surface area contributed by atoms with Gasteiger partial charge in [-0.15, -0.1) is 0 Å². The van der Waals surface area contributed by atoms with Gasteiger partial charge in [0.15, 0.2) is 5.82 Å². The van der Waals surface area contributed by atoms with Crippen LogP contribution in [-0.2, 0) is 17.6 Å². The maximum atomic E-state index is 12.6. The molecule has 0 unspecified atom stereocenters. The number of amides is 1. The van der Waals surface area contributed by atoms with Crippen LogP contribution in [-0.4, -0.2) is 60.7 Å². The third kappa shape index (κ3) is 6.72. The lowest BCUT2D eigenvalue weighted by Crippen LogP contribution is -2.29. The summed E-state index contributed by atoms with van der Waals surface area (Å²) in [5, 5.41) is 9.78. The second kappa shape index (κ2) is 12.7. The quantitative estimate of drug-likeness (QED) is 0.362. The van der Waals surface area contributed by atoms with E-state index in [0.717, 1.165) is 51.2 Å². The van der Waals surface area contributed by atoms with E-state index < -0.39 is 0 Å². The Kier molecular flexibility index (Phi) is 9.11. The molecule has 3 N–H and O–H groups in total. The van der Waals surface area contributed by atoms with E-state index in [1.54, 1.807) is 19.4 Å². The van der Waals surface area contributed by atoms with Crippen LogP contribution < -0.4 is 16.0 Å². The van der Waals surface area contributed by atoms with Crippen LogP contribution in [0.1, 0.15) is 34.8 Å². The van der Waals surface area contributed by atoms with Crippen molar-refractivity contribution in [1.29, 1.82) is 0 Å². The van der Waals surface area contributed by atoms with Gasteiger partial charge in [0.05, 0.1) is 24.1 Å². The van der Waals surface area contributed by atoms with Crippen LogP contribution in [0.2, 0.25) is 5.02 Å². The number of anilines is 4. The number of fused-ring (bicyclic) bond motifs is 1. The molecule has 1 aliphatic heterocycles. The Hall–Kier alpha value is -3.20. The number of para-hydroxylation sites is 1. The van der Waals surface area contributed by atoms with Gasteiger partial charge in [-0.2, -0.15) is 4.98 Å². The molecule has 190 valence electrons. The van der Waals surface area contributed by atoms with Gasteiger partial charge in [-0.25, -0.2) is 4.98 Å². The fourth-order valence-electron chi connectivity index (χ4n) is 4.19. The maximum absolute atomic E-state index is 12.6. The van der Waals surface area contributed by atoms with Gasteiger partial charge in [0.2, 0.25) is 5.95 Å². The summed E-state index contributed by atoms with van der Waals surface area (Å²) in [5.74, 6) is 0.702. The van der Waals surface area contributed by atoms with Crippen molar-refractivity contribution in [3.05, 3.63) is 70.4 Å². The zero-order valence-corrected chi connectivity index (χ0v) is 21.6. The Morgan fingerprint density at radius 2 is 1.92 bits per heavy atom. The first kappa shape index (κ1) is 25.9. The predicted molar refractivity (Wildman–Crippen MR) is 145 cm³/mol. The molecule has 0 bridgehead atoms. The minimum absolute atomic E-state index is 0.144. The Labute approximate surface area is 217 Å². The van der Waals surface area contributed by atoms with Gasteiger partial charge in [-0.3, -0.25) is 4.79 Å². The van der Waals surface area contributed by atoms with Gasteiger partial charge in [-0.1, -0.05) is 36.7 Å². The molecule has 0 atom stereocenters. The highest BCUT2D eigenvalue weighted by molar-refractivity contribution is 6.33. The van der Waals surface area contributed by atoms with Crippen LogP contribution in [0.25, 0.3) is 0 Å². The van der Waals surface area contributed by atoms with E-state index in [4.69, 9.17) is 16.3 Å². The topological polar surface area (TPSA) is 91.4 Å². The van der Waals surface area contributed by atoms with E-state index in [0.29, 0.717) is 34.6 Å². The summed E-state index contributed by atoms with van der Waals surface area (Å²) in [4.78, 5) is 24.0. The lowest BCUT2D eigenvalue weighted by Gasteiger charge is -2.18. The third-order valence-corrected chi connectivity index (χ3v) is 6.45. The van der Waals surface area contributed by atoms with Crippen molar-refractivity contribution >= 4 is 40.6 Å². The number of rotatable bonds is 10. The Morgan fingerprint density at radius 3 is 2.72 bits per heavy atom. The number of nitrogens with zero attached hydrogens (tertiary/aromatic N) is 3. The van der Waals surface area contributed by atoms with Gasteiger partial charge < -0.3 is 25.6 Å². The summed E-state index contributed by atoms with van der Waals surface area (Å²) in [5.41, 5.74) is 4.78. The van der Waals surface area contributed by atoms with Crippen LogP contribution >= 0.6 is 11.6 Å². The van der Waals surface area contributed by atoms with Gasteiger partial charge in [0.25, 0.3) is 5.91 Å². The molecule has 0 saturated carbocycles. The minimum atomic E-state index is -0.144. The van der Waals surface area contributed by atoms with Crippen LogP contribution in [0.3, 0.4) is 0 Å². The lowest BCUT2D eigenvalue weighted by molar-refractivity contribution is 0.0954. The Bertz CT molecular complexity index is 1190. The number of nitrogens with one attached hydrogen (secondary N) is 3. The third-order valence-electron chi connectivity index (χ3n) is 6.17. The summed E-state index contributed by atoms with van der Waals surface area (Å²) in [7, 11) is 1.74. The molecule has 0 radical (unpaired) electrons. The number of hydrogen-bond acceptors (Lipinski definition) is 7. The molecule has 8 nitrogen and oxygen atoms in total. The summed E-state index contributed by atoms with van der Waals surface area (Å²) in [6, 6.07) is 13.7. The van der Waals surface area contributed by atoms with Crippen molar-refractivity contribution in [2.75, 3.05) is 50.5 Å². The summed E-state index contributed by atoms with van der Waals surface area (Å²) < 4.78 is 5.24. The summed E-state index contributed by atoms with van der Waals surface area (Å²) in [6.45, 7) is 6.38. The summed E-state index contributed by atoms with van der Waals surface area (Å²) >= 11 is 6.40. The second-order valence-electron chi connectivity index (χ2n) is 8.76. The minimum Gasteiger partial charge on any atom is -0.383 e. The normalized spacial score (nSPS) is 13.5. The van der Waals surface area contributed by atoms with Crippen molar-refractivity contribution in [3.63, 3.8) is 0 Å². The van der Waals surface area contributed by atoms with Gasteiger partial charge in [0, 0.05) is 39.0 Å². The molecule has 9 heteroatoms. The molecule has 0 spiro atoms. The maximum Gasteiger partial charge on any atom is 0.253 e. The summed E-state index contributed by atoms with van der Waals surface area (Å²) in [6.07, 6.45) is 4.43. The number of carbonyl (C=O) groups is 1. The molecule has 2 aromatic carbocycles. The first-order valence-corrected chi connectivity index (χ1v) is 12.7. The molecule has 1 aliphatic rings. The van der Waals surface area contributed by atoms with Crippen molar-refractivity contribution < 1.29 is 9.53 Å². The van der Waals surface area contributed by atoms with Crippen molar-refractivity contribution in [3.8, 4) is 0 Å². The van der Waals surface area contributed by atoms with Gasteiger partial charge in [0.1, 0.15) is 5.02 Å². The second-order valence-corrected chi connectivity index (χ2v) is 9.17. The van der Waals surface area contributed by atoms with Gasteiger partial charge in [-0.05, 0) is 54.7 Å². The highest BCUT2D eigenvalue weighted by Gasteiger charge is 2.16. The molecule has 1 aromatic heterocycles. The zero-order valence-electron chi connectivity index (χ0n) is 20.8. The number of aromatic nitrogens is 2. The number of carbonyl (C=O) groups excluding carboxylic acids is 1. The molecule has 0 fully saturated rings. The first-order valence-electron chi connectivity index (χ1n) is 12.3. The fraction of sp³-hybridized carbons (Fsp3) is 0.370. The largest absolute Gasteiger partial charge is 0.383 e. The Morgan fingerprint density at radius 1 is 1.11 bits per heavy atom.